The average molecular weight is 216 g/mol. The molecule has 1 aromatic rings. The third-order valence-corrected chi connectivity index (χ3v) is 2.06. The van der Waals surface area contributed by atoms with E-state index in [1.807, 2.05) is 0 Å². The lowest BCUT2D eigenvalue weighted by Crippen LogP contribution is -2.09. The summed E-state index contributed by atoms with van der Waals surface area (Å²) in [6.07, 6.45) is -2.47. The number of halogens is 2. The Morgan fingerprint density at radius 1 is 1.27 bits per heavy atom. The van der Waals surface area contributed by atoms with Gasteiger partial charge in [-0.25, -0.2) is 8.78 Å². The van der Waals surface area contributed by atoms with E-state index >= 15 is 0 Å². The molecule has 1 aromatic carbocycles. The first-order chi connectivity index (χ1) is 7.04. The van der Waals surface area contributed by atoms with Crippen LogP contribution in [-0.4, -0.2) is 18.1 Å². The molecule has 0 atom stereocenters. The van der Waals surface area contributed by atoms with Gasteiger partial charge in [-0.3, -0.25) is 0 Å². The third-order valence-electron chi connectivity index (χ3n) is 2.06. The molecule has 0 spiro atoms. The molecule has 0 heterocycles. The van der Waals surface area contributed by atoms with Gasteiger partial charge in [0, 0.05) is 0 Å². The Bertz CT molecular complexity index is 314. The first-order valence-corrected chi connectivity index (χ1v) is 4.66. The first kappa shape index (κ1) is 11.9. The number of ether oxygens (including phenoxy) is 1. The fourth-order valence-corrected chi connectivity index (χ4v) is 1.51. The van der Waals surface area contributed by atoms with Gasteiger partial charge in [0.25, 0.3) is 6.43 Å². The van der Waals surface area contributed by atoms with Gasteiger partial charge in [0.2, 0.25) is 0 Å². The van der Waals surface area contributed by atoms with E-state index in [2.05, 4.69) is 0 Å². The summed E-state index contributed by atoms with van der Waals surface area (Å²) in [5.74, 6) is 0.479. The molecule has 84 valence electrons. The van der Waals surface area contributed by atoms with Gasteiger partial charge in [0.05, 0.1) is 6.61 Å². The van der Waals surface area contributed by atoms with Crippen LogP contribution in [0.1, 0.15) is 16.7 Å². The standard InChI is InChI=1S/C11H14F2O2/c1-7-3-9(5-14)4-8(2)11(7)15-6-10(12)13/h3-4,10,14H,5-6H2,1-2H3. The van der Waals surface area contributed by atoms with E-state index in [0.29, 0.717) is 5.75 Å². The molecule has 0 radical (unpaired) electrons. The van der Waals surface area contributed by atoms with Crippen LogP contribution in [0.3, 0.4) is 0 Å². The van der Waals surface area contributed by atoms with Gasteiger partial charge in [0.15, 0.2) is 0 Å². The maximum atomic E-state index is 12.0. The van der Waals surface area contributed by atoms with Gasteiger partial charge in [0.1, 0.15) is 12.4 Å². The highest BCUT2D eigenvalue weighted by molar-refractivity contribution is 5.43. The van der Waals surface area contributed by atoms with Crippen molar-refractivity contribution >= 4 is 0 Å². The molecule has 4 heteroatoms. The molecule has 0 aliphatic rings. The van der Waals surface area contributed by atoms with Gasteiger partial charge in [-0.05, 0) is 30.5 Å². The van der Waals surface area contributed by atoms with E-state index in [1.165, 1.54) is 0 Å². The molecule has 0 saturated carbocycles. The minimum absolute atomic E-state index is 0.0587. The van der Waals surface area contributed by atoms with Crippen molar-refractivity contribution in [1.82, 2.24) is 0 Å². The van der Waals surface area contributed by atoms with Crippen molar-refractivity contribution in [1.29, 1.82) is 0 Å². The Kier molecular flexibility index (Phi) is 4.03. The van der Waals surface area contributed by atoms with Crippen LogP contribution in [0.5, 0.6) is 5.75 Å². The minimum atomic E-state index is -2.47. The van der Waals surface area contributed by atoms with Crippen LogP contribution in [0.15, 0.2) is 12.1 Å². The molecule has 0 fully saturated rings. The number of hydrogen-bond donors (Lipinski definition) is 1. The summed E-state index contributed by atoms with van der Waals surface area (Å²) in [6.45, 7) is 2.89. The Morgan fingerprint density at radius 3 is 2.20 bits per heavy atom. The summed E-state index contributed by atoms with van der Waals surface area (Å²) in [6, 6.07) is 3.46. The van der Waals surface area contributed by atoms with Gasteiger partial charge in [-0.1, -0.05) is 12.1 Å². The van der Waals surface area contributed by atoms with E-state index in [-0.39, 0.29) is 6.61 Å². The molecule has 0 aromatic heterocycles. The molecule has 0 bridgehead atoms. The molecule has 2 nitrogen and oxygen atoms in total. The zero-order valence-corrected chi connectivity index (χ0v) is 8.76. The lowest BCUT2D eigenvalue weighted by Gasteiger charge is -2.13. The largest absolute Gasteiger partial charge is 0.487 e. The molecule has 1 rings (SSSR count). The zero-order valence-electron chi connectivity index (χ0n) is 8.76. The van der Waals surface area contributed by atoms with Gasteiger partial charge < -0.3 is 9.84 Å². The van der Waals surface area contributed by atoms with Gasteiger partial charge in [-0.2, -0.15) is 0 Å². The zero-order chi connectivity index (χ0) is 11.4. The smallest absolute Gasteiger partial charge is 0.272 e. The van der Waals surface area contributed by atoms with Crippen molar-refractivity contribution in [2.75, 3.05) is 6.61 Å². The summed E-state index contributed by atoms with van der Waals surface area (Å²) in [4.78, 5) is 0. The van der Waals surface area contributed by atoms with E-state index in [9.17, 15) is 8.78 Å². The van der Waals surface area contributed by atoms with E-state index in [1.54, 1.807) is 26.0 Å². The second-order valence-electron chi connectivity index (χ2n) is 3.42. The van der Waals surface area contributed by atoms with Crippen LogP contribution >= 0.6 is 0 Å². The fourth-order valence-electron chi connectivity index (χ4n) is 1.51. The van der Waals surface area contributed by atoms with Crippen LogP contribution in [-0.2, 0) is 6.61 Å². The van der Waals surface area contributed by atoms with Crippen molar-refractivity contribution in [2.24, 2.45) is 0 Å². The third kappa shape index (κ3) is 3.16. The number of aryl methyl sites for hydroxylation is 2. The number of aliphatic hydroxyl groups is 1. The molecular formula is C11H14F2O2. The predicted molar refractivity (Wildman–Crippen MR) is 53.3 cm³/mol. The SMILES string of the molecule is Cc1cc(CO)cc(C)c1OCC(F)F. The molecule has 15 heavy (non-hydrogen) atoms. The molecular weight excluding hydrogens is 202 g/mol. The second-order valence-corrected chi connectivity index (χ2v) is 3.42. The average Bonchev–Trinajstić information content (AvgIpc) is 2.15. The number of hydrogen-bond acceptors (Lipinski definition) is 2. The highest BCUT2D eigenvalue weighted by atomic mass is 19.3. The van der Waals surface area contributed by atoms with Crippen LogP contribution in [0.25, 0.3) is 0 Å². The summed E-state index contributed by atoms with van der Waals surface area (Å²) in [5.41, 5.74) is 2.29. The first-order valence-electron chi connectivity index (χ1n) is 4.66. The molecule has 0 amide bonds. The van der Waals surface area contributed by atoms with Crippen molar-refractivity contribution in [3.05, 3.63) is 28.8 Å². The second kappa shape index (κ2) is 5.07. The van der Waals surface area contributed by atoms with Crippen LogP contribution in [0.4, 0.5) is 8.78 Å². The van der Waals surface area contributed by atoms with E-state index in [4.69, 9.17) is 9.84 Å². The monoisotopic (exact) mass is 216 g/mol. The minimum Gasteiger partial charge on any atom is -0.487 e. The highest BCUT2D eigenvalue weighted by Gasteiger charge is 2.09. The van der Waals surface area contributed by atoms with Crippen molar-refractivity contribution < 1.29 is 18.6 Å². The maximum Gasteiger partial charge on any atom is 0.272 e. The molecule has 1 N–H and O–H groups in total. The Labute approximate surface area is 87.5 Å². The maximum absolute atomic E-state index is 12.0. The number of benzene rings is 1. The highest BCUT2D eigenvalue weighted by Crippen LogP contribution is 2.25. The quantitative estimate of drug-likeness (QED) is 0.837. The molecule has 0 saturated heterocycles. The summed E-state index contributed by atoms with van der Waals surface area (Å²) < 4.78 is 28.9. The van der Waals surface area contributed by atoms with Crippen LogP contribution in [0.2, 0.25) is 0 Å². The fraction of sp³-hybridized carbons (Fsp3) is 0.455. The van der Waals surface area contributed by atoms with Crippen molar-refractivity contribution in [3.8, 4) is 5.75 Å². The molecule has 0 unspecified atom stereocenters. The van der Waals surface area contributed by atoms with Gasteiger partial charge >= 0.3 is 0 Å². The lowest BCUT2D eigenvalue weighted by molar-refractivity contribution is 0.0812. The topological polar surface area (TPSA) is 29.5 Å². The van der Waals surface area contributed by atoms with Crippen LogP contribution in [0, 0.1) is 13.8 Å². The normalized spacial score (nSPS) is 10.8. The Balaban J connectivity index is 2.88. The molecule has 0 aliphatic heterocycles. The van der Waals surface area contributed by atoms with Crippen molar-refractivity contribution in [3.63, 3.8) is 0 Å². The lowest BCUT2D eigenvalue weighted by atomic mass is 10.1. The Morgan fingerprint density at radius 2 is 1.80 bits per heavy atom. The summed E-state index contributed by atoms with van der Waals surface area (Å²) >= 11 is 0. The summed E-state index contributed by atoms with van der Waals surface area (Å²) in [7, 11) is 0. The van der Waals surface area contributed by atoms with Crippen molar-refractivity contribution in [2.45, 2.75) is 26.9 Å². The van der Waals surface area contributed by atoms with Gasteiger partial charge in [-0.15, -0.1) is 0 Å². The van der Waals surface area contributed by atoms with E-state index < -0.39 is 13.0 Å². The van der Waals surface area contributed by atoms with Crippen LogP contribution < -0.4 is 4.74 Å². The number of alkyl halides is 2. The Hall–Kier alpha value is -1.16. The predicted octanol–water partition coefficient (Wildman–Crippen LogP) is 2.44. The molecule has 0 aliphatic carbocycles. The van der Waals surface area contributed by atoms with E-state index in [0.717, 1.165) is 16.7 Å². The summed E-state index contributed by atoms with van der Waals surface area (Å²) in [5, 5.41) is 8.93. The number of aliphatic hydroxyl groups excluding tert-OH is 1. The number of rotatable bonds is 4.